The summed E-state index contributed by atoms with van der Waals surface area (Å²) in [6.45, 7) is 0. The summed E-state index contributed by atoms with van der Waals surface area (Å²) in [7, 11) is 0. The van der Waals surface area contributed by atoms with E-state index < -0.39 is 0 Å². The molecule has 0 N–H and O–H groups in total. The number of hydrogen-bond acceptors (Lipinski definition) is 4. The zero-order valence-corrected chi connectivity index (χ0v) is 27.6. The Kier molecular flexibility index (Phi) is 5.83. The van der Waals surface area contributed by atoms with Crippen LogP contribution in [0.2, 0.25) is 0 Å². The van der Waals surface area contributed by atoms with Gasteiger partial charge >= 0.3 is 0 Å². The zero-order chi connectivity index (χ0) is 32.8. The third-order valence-corrected chi connectivity index (χ3v) is 11.3. The van der Waals surface area contributed by atoms with E-state index in [1.165, 1.54) is 47.5 Å². The van der Waals surface area contributed by atoms with Crippen molar-refractivity contribution in [3.63, 3.8) is 0 Å². The molecule has 0 amide bonds. The second kappa shape index (κ2) is 10.6. The number of thiophene rings is 1. The van der Waals surface area contributed by atoms with Gasteiger partial charge in [-0.1, -0.05) is 103 Å². The van der Waals surface area contributed by atoms with Crippen LogP contribution in [0.5, 0.6) is 0 Å². The van der Waals surface area contributed by atoms with E-state index in [0.717, 1.165) is 55.6 Å². The van der Waals surface area contributed by atoms with Crippen molar-refractivity contribution in [2.45, 2.75) is 0 Å². The van der Waals surface area contributed by atoms with E-state index in [9.17, 15) is 0 Å². The molecule has 3 aromatic heterocycles. The van der Waals surface area contributed by atoms with Crippen LogP contribution in [0.1, 0.15) is 0 Å². The Balaban J connectivity index is 1.17. The number of benzene rings is 8. The molecule has 0 bridgehead atoms. The zero-order valence-electron chi connectivity index (χ0n) is 26.8. The van der Waals surface area contributed by atoms with Crippen molar-refractivity contribution in [3.05, 3.63) is 164 Å². The maximum absolute atomic E-state index is 6.72. The van der Waals surface area contributed by atoms with E-state index in [1.54, 1.807) is 0 Å². The first-order valence-corrected chi connectivity index (χ1v) is 17.7. The van der Waals surface area contributed by atoms with E-state index in [-0.39, 0.29) is 0 Å². The van der Waals surface area contributed by atoms with E-state index >= 15 is 0 Å². The van der Waals surface area contributed by atoms with Crippen molar-refractivity contribution in [2.75, 3.05) is 4.90 Å². The molecule has 0 radical (unpaired) electrons. The minimum absolute atomic E-state index is 0.868. The molecule has 0 spiro atoms. The maximum atomic E-state index is 6.72. The van der Waals surface area contributed by atoms with Crippen LogP contribution < -0.4 is 4.90 Å². The first-order chi connectivity index (χ1) is 24.8. The van der Waals surface area contributed by atoms with Gasteiger partial charge in [0.1, 0.15) is 22.3 Å². The van der Waals surface area contributed by atoms with Crippen molar-refractivity contribution in [1.82, 2.24) is 0 Å². The van der Waals surface area contributed by atoms with E-state index in [1.807, 2.05) is 29.5 Å². The van der Waals surface area contributed by atoms with Crippen LogP contribution in [0, 0.1) is 0 Å². The van der Waals surface area contributed by atoms with Crippen molar-refractivity contribution in [3.8, 4) is 11.1 Å². The Morgan fingerprint density at radius 1 is 0.380 bits per heavy atom. The maximum Gasteiger partial charge on any atom is 0.145 e. The molecule has 0 saturated carbocycles. The smallest absolute Gasteiger partial charge is 0.145 e. The summed E-state index contributed by atoms with van der Waals surface area (Å²) in [5, 5.41) is 9.41. The lowest BCUT2D eigenvalue weighted by atomic mass is 9.99. The van der Waals surface area contributed by atoms with Crippen LogP contribution in [0.4, 0.5) is 17.1 Å². The van der Waals surface area contributed by atoms with Crippen molar-refractivity contribution in [1.29, 1.82) is 0 Å². The summed E-state index contributed by atoms with van der Waals surface area (Å²) in [6.07, 6.45) is 0. The average Bonchev–Trinajstić information content (AvgIpc) is 3.87. The van der Waals surface area contributed by atoms with Gasteiger partial charge in [0, 0.05) is 70.2 Å². The highest BCUT2D eigenvalue weighted by Crippen LogP contribution is 2.49. The molecule has 4 heteroatoms. The fourth-order valence-electron chi connectivity index (χ4n) is 7.76. The highest BCUT2D eigenvalue weighted by atomic mass is 32.1. The molecule has 234 valence electrons. The Labute approximate surface area is 290 Å². The topological polar surface area (TPSA) is 29.5 Å². The van der Waals surface area contributed by atoms with Gasteiger partial charge in [-0.05, 0) is 71.1 Å². The summed E-state index contributed by atoms with van der Waals surface area (Å²) >= 11 is 1.84. The van der Waals surface area contributed by atoms with Gasteiger partial charge in [0.15, 0.2) is 0 Å². The summed E-state index contributed by atoms with van der Waals surface area (Å²) in [5.41, 5.74) is 9.17. The van der Waals surface area contributed by atoms with Crippen LogP contribution in [0.3, 0.4) is 0 Å². The molecule has 11 aromatic rings. The molecular formula is C46H27NO2S. The first-order valence-electron chi connectivity index (χ1n) is 16.8. The number of nitrogens with zero attached hydrogens (tertiary/aromatic N) is 1. The minimum Gasteiger partial charge on any atom is -0.456 e. The fraction of sp³-hybridized carbons (Fsp3) is 0. The Morgan fingerprint density at radius 3 is 1.80 bits per heavy atom. The van der Waals surface area contributed by atoms with E-state index in [0.29, 0.717) is 0 Å². The molecule has 0 aliphatic rings. The number of anilines is 3. The molecule has 8 aromatic carbocycles. The molecule has 0 aliphatic heterocycles. The second-order valence-corrected chi connectivity index (χ2v) is 13.9. The van der Waals surface area contributed by atoms with Crippen molar-refractivity contribution in [2.24, 2.45) is 0 Å². The molecule has 0 atom stereocenters. The number of para-hydroxylation sites is 2. The quantitative estimate of drug-likeness (QED) is 0.189. The lowest BCUT2D eigenvalue weighted by Crippen LogP contribution is -2.09. The fourth-order valence-corrected chi connectivity index (χ4v) is 8.98. The van der Waals surface area contributed by atoms with Gasteiger partial charge < -0.3 is 13.7 Å². The summed E-state index contributed by atoms with van der Waals surface area (Å²) in [5.74, 6) is 0. The molecule has 0 saturated heterocycles. The molecule has 0 aliphatic carbocycles. The van der Waals surface area contributed by atoms with E-state index in [4.69, 9.17) is 8.83 Å². The normalized spacial score (nSPS) is 12.0. The summed E-state index contributed by atoms with van der Waals surface area (Å²) < 4.78 is 15.6. The number of furan rings is 2. The molecule has 0 fully saturated rings. The molecule has 3 heterocycles. The van der Waals surface area contributed by atoms with Gasteiger partial charge in [0.25, 0.3) is 0 Å². The van der Waals surface area contributed by atoms with Gasteiger partial charge in [-0.25, -0.2) is 0 Å². The Bertz CT molecular complexity index is 3090. The highest BCUT2D eigenvalue weighted by Gasteiger charge is 2.22. The molecule has 0 unspecified atom stereocenters. The van der Waals surface area contributed by atoms with Crippen LogP contribution in [-0.4, -0.2) is 0 Å². The number of fused-ring (bicyclic) bond motifs is 13. The monoisotopic (exact) mass is 657 g/mol. The second-order valence-electron chi connectivity index (χ2n) is 12.9. The molecular weight excluding hydrogens is 631 g/mol. The lowest BCUT2D eigenvalue weighted by Gasteiger charge is -2.26. The molecule has 3 nitrogen and oxygen atoms in total. The van der Waals surface area contributed by atoms with Gasteiger partial charge in [-0.2, -0.15) is 0 Å². The third-order valence-electron chi connectivity index (χ3n) is 10.0. The SMILES string of the molecule is c1ccc(-c2ccc(N(c3ccc4c(c3)oc3ccccc34)c3ccc4sc5c6ccccc6c6c7ccccc7oc6c5c4c3)cc2)cc1. The molecule has 11 rings (SSSR count). The van der Waals surface area contributed by atoms with Gasteiger partial charge in [-0.3, -0.25) is 0 Å². The van der Waals surface area contributed by atoms with Gasteiger partial charge in [0.2, 0.25) is 0 Å². The first kappa shape index (κ1) is 27.6. The van der Waals surface area contributed by atoms with Crippen LogP contribution in [-0.2, 0) is 0 Å². The number of rotatable bonds is 4. The summed E-state index contributed by atoms with van der Waals surface area (Å²) in [6, 6.07) is 58.2. The average molecular weight is 658 g/mol. The van der Waals surface area contributed by atoms with Crippen LogP contribution in [0.25, 0.3) is 85.9 Å². The third kappa shape index (κ3) is 4.03. The number of hydrogen-bond donors (Lipinski definition) is 0. The Morgan fingerprint density at radius 2 is 0.980 bits per heavy atom. The standard InChI is InChI=1S/C46H27NO2S/c1-2-10-28(11-3-1)29-18-20-30(21-19-29)47(32-22-24-34-33-12-6-8-16-39(33)48-41(34)27-32)31-23-25-42-38(26-31)44-45-43(37-15-7-9-17-40(37)49-45)35-13-4-5-14-36(35)46(44)50-42/h1-27H. The van der Waals surface area contributed by atoms with E-state index in [2.05, 4.69) is 150 Å². The largest absolute Gasteiger partial charge is 0.456 e. The predicted molar refractivity (Wildman–Crippen MR) is 212 cm³/mol. The van der Waals surface area contributed by atoms with Gasteiger partial charge in [-0.15, -0.1) is 11.3 Å². The Hall–Kier alpha value is -6.36. The lowest BCUT2D eigenvalue weighted by molar-refractivity contribution is 0.669. The van der Waals surface area contributed by atoms with Crippen molar-refractivity contribution < 1.29 is 8.83 Å². The molecule has 50 heavy (non-hydrogen) atoms. The summed E-state index contributed by atoms with van der Waals surface area (Å²) in [4.78, 5) is 2.33. The van der Waals surface area contributed by atoms with Crippen molar-refractivity contribution >= 4 is 103 Å². The minimum atomic E-state index is 0.868. The highest BCUT2D eigenvalue weighted by molar-refractivity contribution is 7.27. The predicted octanol–water partition coefficient (Wildman–Crippen LogP) is 14.1. The van der Waals surface area contributed by atoms with Gasteiger partial charge in [0.05, 0.1) is 0 Å². The van der Waals surface area contributed by atoms with Crippen LogP contribution in [0.15, 0.2) is 173 Å². The van der Waals surface area contributed by atoms with Crippen LogP contribution >= 0.6 is 11.3 Å².